The van der Waals surface area contributed by atoms with Gasteiger partial charge < -0.3 is 9.88 Å². The number of aromatic nitrogens is 4. The third-order valence-corrected chi connectivity index (χ3v) is 4.44. The maximum absolute atomic E-state index is 12.5. The molecule has 3 rings (SSSR count). The fourth-order valence-electron chi connectivity index (χ4n) is 2.17. The summed E-state index contributed by atoms with van der Waals surface area (Å²) in [6.45, 7) is 2.22. The molecule has 0 radical (unpaired) electrons. The summed E-state index contributed by atoms with van der Waals surface area (Å²) in [4.78, 5) is 33.7. The summed E-state index contributed by atoms with van der Waals surface area (Å²) in [5.74, 6) is -0.129. The molecule has 0 unspecified atom stereocenters. The molecule has 0 aliphatic heterocycles. The molecule has 0 bridgehead atoms. The summed E-state index contributed by atoms with van der Waals surface area (Å²) in [6, 6.07) is 0. The number of amides is 1. The molecule has 3 aromatic heterocycles. The molecule has 2 N–H and O–H groups in total. The van der Waals surface area contributed by atoms with Crippen molar-refractivity contribution in [1.82, 2.24) is 25.1 Å². The van der Waals surface area contributed by atoms with Gasteiger partial charge in [0.2, 0.25) is 0 Å². The van der Waals surface area contributed by atoms with Crippen LogP contribution in [0, 0.1) is 6.92 Å². The summed E-state index contributed by atoms with van der Waals surface area (Å²) in [5, 5.41) is 7.06. The highest BCUT2D eigenvalue weighted by Crippen LogP contribution is 2.27. The van der Waals surface area contributed by atoms with Gasteiger partial charge in [-0.15, -0.1) is 11.3 Å². The minimum atomic E-state index is -0.217. The van der Waals surface area contributed by atoms with Crippen LogP contribution in [0.3, 0.4) is 0 Å². The Morgan fingerprint density at radius 2 is 2.29 bits per heavy atom. The molecule has 1 amide bonds. The SMILES string of the molecule is Cc1c(C(=O)N(C)Cc2cn[nH]c2)sc2nc[nH]c(=O)c12. The van der Waals surface area contributed by atoms with Crippen LogP contribution in [0.25, 0.3) is 10.2 Å². The fraction of sp³-hybridized carbons (Fsp3) is 0.231. The number of carbonyl (C=O) groups is 1. The van der Waals surface area contributed by atoms with E-state index in [0.717, 1.165) is 5.56 Å². The zero-order chi connectivity index (χ0) is 15.0. The van der Waals surface area contributed by atoms with Crippen LogP contribution in [0.15, 0.2) is 23.5 Å². The average Bonchev–Trinajstić information content (AvgIpc) is 3.07. The van der Waals surface area contributed by atoms with Crippen LogP contribution in [0.2, 0.25) is 0 Å². The van der Waals surface area contributed by atoms with Crippen LogP contribution < -0.4 is 5.56 Å². The molecule has 0 saturated heterocycles. The predicted molar refractivity (Wildman–Crippen MR) is 79.4 cm³/mol. The summed E-state index contributed by atoms with van der Waals surface area (Å²) >= 11 is 1.24. The van der Waals surface area contributed by atoms with Gasteiger partial charge in [0.1, 0.15) is 4.83 Å². The molecule has 0 saturated carbocycles. The van der Waals surface area contributed by atoms with Gasteiger partial charge in [-0.3, -0.25) is 14.7 Å². The second-order valence-electron chi connectivity index (χ2n) is 4.74. The van der Waals surface area contributed by atoms with Crippen molar-refractivity contribution in [2.75, 3.05) is 7.05 Å². The van der Waals surface area contributed by atoms with Crippen LogP contribution >= 0.6 is 11.3 Å². The van der Waals surface area contributed by atoms with E-state index < -0.39 is 0 Å². The molecule has 21 heavy (non-hydrogen) atoms. The third kappa shape index (κ3) is 2.33. The number of nitrogens with zero attached hydrogens (tertiary/aromatic N) is 3. The van der Waals surface area contributed by atoms with Gasteiger partial charge in [0.25, 0.3) is 11.5 Å². The van der Waals surface area contributed by atoms with Crippen molar-refractivity contribution in [2.45, 2.75) is 13.5 Å². The normalized spacial score (nSPS) is 11.0. The van der Waals surface area contributed by atoms with Crippen molar-refractivity contribution in [1.29, 1.82) is 0 Å². The molecule has 0 spiro atoms. The third-order valence-electron chi connectivity index (χ3n) is 3.25. The van der Waals surface area contributed by atoms with Crippen molar-refractivity contribution in [3.8, 4) is 0 Å². The Kier molecular flexibility index (Phi) is 3.30. The van der Waals surface area contributed by atoms with E-state index in [2.05, 4.69) is 20.2 Å². The van der Waals surface area contributed by atoms with E-state index >= 15 is 0 Å². The second kappa shape index (κ2) is 5.13. The Hall–Kier alpha value is -2.48. The molecular formula is C13H13N5O2S. The highest BCUT2D eigenvalue weighted by molar-refractivity contribution is 7.20. The number of fused-ring (bicyclic) bond motifs is 1. The lowest BCUT2D eigenvalue weighted by Gasteiger charge is -2.15. The minimum absolute atomic E-state index is 0.129. The van der Waals surface area contributed by atoms with Gasteiger partial charge in [0.05, 0.1) is 22.8 Å². The van der Waals surface area contributed by atoms with Crippen molar-refractivity contribution in [3.05, 3.63) is 45.1 Å². The highest BCUT2D eigenvalue weighted by Gasteiger charge is 2.21. The Morgan fingerprint density at radius 1 is 1.48 bits per heavy atom. The quantitative estimate of drug-likeness (QED) is 0.762. The zero-order valence-electron chi connectivity index (χ0n) is 11.5. The number of rotatable bonds is 3. The summed E-state index contributed by atoms with van der Waals surface area (Å²) in [6.07, 6.45) is 4.77. The van der Waals surface area contributed by atoms with Gasteiger partial charge in [-0.2, -0.15) is 5.10 Å². The lowest BCUT2D eigenvalue weighted by Crippen LogP contribution is -2.25. The molecule has 0 atom stereocenters. The van der Waals surface area contributed by atoms with Crippen LogP contribution in [-0.4, -0.2) is 38.0 Å². The van der Waals surface area contributed by atoms with E-state index in [-0.39, 0.29) is 11.5 Å². The lowest BCUT2D eigenvalue weighted by atomic mass is 10.2. The van der Waals surface area contributed by atoms with Crippen molar-refractivity contribution >= 4 is 27.5 Å². The van der Waals surface area contributed by atoms with Crippen LogP contribution in [0.1, 0.15) is 20.8 Å². The molecule has 7 nitrogen and oxygen atoms in total. The number of thiophene rings is 1. The van der Waals surface area contributed by atoms with Gasteiger partial charge >= 0.3 is 0 Å². The number of aromatic amines is 2. The topological polar surface area (TPSA) is 94.7 Å². The van der Waals surface area contributed by atoms with E-state index in [1.54, 1.807) is 31.3 Å². The monoisotopic (exact) mass is 303 g/mol. The Bertz CT molecular complexity index is 849. The number of carbonyl (C=O) groups excluding carboxylic acids is 1. The van der Waals surface area contributed by atoms with E-state index in [4.69, 9.17) is 0 Å². The molecule has 3 aromatic rings. The van der Waals surface area contributed by atoms with Crippen LogP contribution in [-0.2, 0) is 6.54 Å². The van der Waals surface area contributed by atoms with E-state index in [9.17, 15) is 9.59 Å². The van der Waals surface area contributed by atoms with Crippen LogP contribution in [0.5, 0.6) is 0 Å². The molecule has 0 fully saturated rings. The standard InChI is InChI=1S/C13H13N5O2S/c1-7-9-11(19)14-6-15-12(9)21-10(7)13(20)18(2)5-8-3-16-17-4-8/h3-4,6H,5H2,1-2H3,(H,16,17)(H,14,15,19). The average molecular weight is 303 g/mol. The molecule has 108 valence electrons. The van der Waals surface area contributed by atoms with Gasteiger partial charge in [-0.25, -0.2) is 4.98 Å². The van der Waals surface area contributed by atoms with E-state index in [0.29, 0.717) is 27.2 Å². The fourth-order valence-corrected chi connectivity index (χ4v) is 3.31. The minimum Gasteiger partial charge on any atom is -0.337 e. The number of nitrogens with one attached hydrogen (secondary N) is 2. The number of hydrogen-bond acceptors (Lipinski definition) is 5. The second-order valence-corrected chi connectivity index (χ2v) is 5.73. The Balaban J connectivity index is 1.96. The summed E-state index contributed by atoms with van der Waals surface area (Å²) in [5.41, 5.74) is 1.37. The van der Waals surface area contributed by atoms with Crippen LogP contribution in [0.4, 0.5) is 0 Å². The first-order valence-electron chi connectivity index (χ1n) is 6.28. The summed E-state index contributed by atoms with van der Waals surface area (Å²) < 4.78 is 0. The molecule has 0 aliphatic carbocycles. The number of aryl methyl sites for hydroxylation is 1. The predicted octanol–water partition coefficient (Wildman–Crippen LogP) is 1.29. The highest BCUT2D eigenvalue weighted by atomic mass is 32.1. The lowest BCUT2D eigenvalue weighted by molar-refractivity contribution is 0.0789. The maximum Gasteiger partial charge on any atom is 0.264 e. The summed E-state index contributed by atoms with van der Waals surface area (Å²) in [7, 11) is 1.72. The Labute approximate surface area is 123 Å². The van der Waals surface area contributed by atoms with Gasteiger partial charge in [0.15, 0.2) is 0 Å². The Morgan fingerprint density at radius 3 is 2.95 bits per heavy atom. The number of H-pyrrole nitrogens is 2. The van der Waals surface area contributed by atoms with Gasteiger partial charge in [0, 0.05) is 25.4 Å². The first kappa shape index (κ1) is 13.5. The van der Waals surface area contributed by atoms with E-state index in [1.165, 1.54) is 17.7 Å². The number of hydrogen-bond donors (Lipinski definition) is 2. The van der Waals surface area contributed by atoms with Crippen molar-refractivity contribution in [3.63, 3.8) is 0 Å². The first-order chi connectivity index (χ1) is 10.1. The molecule has 3 heterocycles. The first-order valence-corrected chi connectivity index (χ1v) is 7.09. The smallest absolute Gasteiger partial charge is 0.264 e. The maximum atomic E-state index is 12.5. The van der Waals surface area contributed by atoms with Crippen molar-refractivity contribution in [2.24, 2.45) is 0 Å². The largest absolute Gasteiger partial charge is 0.337 e. The molecule has 8 heteroatoms. The van der Waals surface area contributed by atoms with E-state index in [1.807, 2.05) is 0 Å². The zero-order valence-corrected chi connectivity index (χ0v) is 12.3. The van der Waals surface area contributed by atoms with Gasteiger partial charge in [-0.1, -0.05) is 0 Å². The molecular weight excluding hydrogens is 290 g/mol. The van der Waals surface area contributed by atoms with Crippen molar-refractivity contribution < 1.29 is 4.79 Å². The molecule has 0 aliphatic rings. The molecule has 0 aromatic carbocycles. The van der Waals surface area contributed by atoms with Gasteiger partial charge in [-0.05, 0) is 12.5 Å².